The lowest BCUT2D eigenvalue weighted by molar-refractivity contribution is 0.0941. The summed E-state index contributed by atoms with van der Waals surface area (Å²) >= 11 is 2.08. The molecule has 0 atom stereocenters. The summed E-state index contributed by atoms with van der Waals surface area (Å²) < 4.78 is 3.67. The highest BCUT2D eigenvalue weighted by Crippen LogP contribution is 2.15. The molecule has 0 saturated carbocycles. The van der Waals surface area contributed by atoms with Crippen LogP contribution in [0.2, 0.25) is 0 Å². The van der Waals surface area contributed by atoms with Crippen molar-refractivity contribution in [2.75, 3.05) is 0 Å². The van der Waals surface area contributed by atoms with Gasteiger partial charge >= 0.3 is 5.91 Å². The molecule has 0 spiro atoms. The molecule has 0 fully saturated rings. The van der Waals surface area contributed by atoms with Crippen molar-refractivity contribution in [3.05, 3.63) is 39.7 Å². The van der Waals surface area contributed by atoms with Gasteiger partial charge in [-0.2, -0.15) is 9.78 Å². The minimum atomic E-state index is -0.270. The number of halogens is 1. The lowest BCUT2D eigenvalue weighted by Crippen LogP contribution is -2.15. The summed E-state index contributed by atoms with van der Waals surface area (Å²) in [5.41, 5.74) is 1.76. The van der Waals surface area contributed by atoms with E-state index in [0.29, 0.717) is 16.7 Å². The number of aryl methyl sites for hydroxylation is 1. The Morgan fingerprint density at radius 1 is 1.33 bits per heavy atom. The van der Waals surface area contributed by atoms with Crippen molar-refractivity contribution in [2.24, 2.45) is 7.05 Å². The second-order valence-corrected chi connectivity index (χ2v) is 4.96. The van der Waals surface area contributed by atoms with Gasteiger partial charge in [-0.05, 0) is 34.7 Å². The molecule has 0 aliphatic heterocycles. The summed E-state index contributed by atoms with van der Waals surface area (Å²) in [6.45, 7) is 0. The summed E-state index contributed by atoms with van der Waals surface area (Å²) in [6.07, 6.45) is 1.78. The van der Waals surface area contributed by atoms with E-state index >= 15 is 0 Å². The highest BCUT2D eigenvalue weighted by atomic mass is 127. The Labute approximate surface area is 116 Å². The summed E-state index contributed by atoms with van der Waals surface area (Å²) in [4.78, 5) is 12.3. The number of aromatic nitrogens is 5. The topological polar surface area (TPSA) is 65.6 Å². The first-order chi connectivity index (χ1) is 8.66. The smallest absolute Gasteiger partial charge is 0.274 e. The van der Waals surface area contributed by atoms with E-state index in [1.165, 1.54) is 4.68 Å². The second-order valence-electron chi connectivity index (χ2n) is 3.79. The number of rotatable bonds is 1. The maximum absolute atomic E-state index is 12.3. The third kappa shape index (κ3) is 1.70. The number of carbonyl (C=O) groups is 1. The Hall–Kier alpha value is -1.77. The van der Waals surface area contributed by atoms with E-state index in [1.807, 2.05) is 24.3 Å². The number of hydrogen-bond acceptors (Lipinski definition) is 4. The summed E-state index contributed by atoms with van der Waals surface area (Å²) in [6, 6.07) is 7.33. The zero-order chi connectivity index (χ0) is 12.7. The van der Waals surface area contributed by atoms with Gasteiger partial charge in [0.05, 0.1) is 9.09 Å². The molecular weight excluding hydrogens is 345 g/mol. The number of fused-ring (bicyclic) bond motifs is 1. The first-order valence-corrected chi connectivity index (χ1v) is 6.29. The quantitative estimate of drug-likeness (QED) is 0.622. The highest BCUT2D eigenvalue weighted by Gasteiger charge is 2.19. The maximum atomic E-state index is 12.3. The molecule has 0 aliphatic rings. The second kappa shape index (κ2) is 4.16. The zero-order valence-corrected chi connectivity index (χ0v) is 11.6. The average molecular weight is 353 g/mol. The number of hydrogen-bond donors (Lipinski definition) is 0. The van der Waals surface area contributed by atoms with Crippen LogP contribution in [0.15, 0.2) is 30.5 Å². The van der Waals surface area contributed by atoms with Crippen LogP contribution in [-0.4, -0.2) is 30.7 Å². The summed E-state index contributed by atoms with van der Waals surface area (Å²) in [5.74, 6) is -0.270. The molecule has 0 saturated heterocycles. The minimum Gasteiger partial charge on any atom is -0.274 e. The standard InChI is InChI=1S/C11H8IN5O/c1-16-6-7(12)10(14-16)11(18)17-9-5-3-2-4-8(9)13-15-17/h2-6H,1H3. The summed E-state index contributed by atoms with van der Waals surface area (Å²) in [5, 5.41) is 12.0. The monoisotopic (exact) mass is 353 g/mol. The maximum Gasteiger partial charge on any atom is 0.301 e. The van der Waals surface area contributed by atoms with Crippen LogP contribution in [0.5, 0.6) is 0 Å². The Morgan fingerprint density at radius 3 is 2.83 bits per heavy atom. The lowest BCUT2D eigenvalue weighted by atomic mass is 10.3. The molecule has 0 aliphatic carbocycles. The molecular formula is C11H8IN5O. The number of para-hydroxylation sites is 1. The van der Waals surface area contributed by atoms with Crippen LogP contribution < -0.4 is 0 Å². The Balaban J connectivity index is 2.15. The fourth-order valence-corrected chi connectivity index (χ4v) is 2.47. The molecule has 0 N–H and O–H groups in total. The van der Waals surface area contributed by atoms with Gasteiger partial charge in [-0.25, -0.2) is 0 Å². The zero-order valence-electron chi connectivity index (χ0n) is 9.41. The van der Waals surface area contributed by atoms with Crippen molar-refractivity contribution >= 4 is 39.5 Å². The van der Waals surface area contributed by atoms with E-state index in [2.05, 4.69) is 38.0 Å². The van der Waals surface area contributed by atoms with Crippen molar-refractivity contribution in [3.63, 3.8) is 0 Å². The van der Waals surface area contributed by atoms with Crippen LogP contribution in [-0.2, 0) is 7.05 Å². The van der Waals surface area contributed by atoms with Crippen LogP contribution >= 0.6 is 22.6 Å². The first kappa shape index (κ1) is 11.3. The van der Waals surface area contributed by atoms with Gasteiger partial charge in [0.25, 0.3) is 0 Å². The predicted molar refractivity (Wildman–Crippen MR) is 73.2 cm³/mol. The third-order valence-electron chi connectivity index (χ3n) is 2.53. The molecule has 0 unspecified atom stereocenters. The average Bonchev–Trinajstić information content (AvgIpc) is 2.92. The molecule has 18 heavy (non-hydrogen) atoms. The molecule has 3 aromatic rings. The Kier molecular flexibility index (Phi) is 2.62. The molecule has 0 amide bonds. The van der Waals surface area contributed by atoms with E-state index in [1.54, 1.807) is 17.9 Å². The van der Waals surface area contributed by atoms with E-state index in [9.17, 15) is 4.79 Å². The third-order valence-corrected chi connectivity index (χ3v) is 3.32. The van der Waals surface area contributed by atoms with Crippen molar-refractivity contribution in [3.8, 4) is 0 Å². The van der Waals surface area contributed by atoms with Gasteiger partial charge in [0, 0.05) is 13.2 Å². The van der Waals surface area contributed by atoms with E-state index in [4.69, 9.17) is 0 Å². The van der Waals surface area contributed by atoms with Crippen molar-refractivity contribution in [1.82, 2.24) is 24.8 Å². The van der Waals surface area contributed by atoms with Gasteiger partial charge in [-0.3, -0.25) is 9.48 Å². The molecule has 1 aromatic carbocycles. The Morgan fingerprint density at radius 2 is 2.11 bits per heavy atom. The number of nitrogens with zero attached hydrogens (tertiary/aromatic N) is 5. The molecule has 3 rings (SSSR count). The van der Waals surface area contributed by atoms with Gasteiger partial charge in [0.1, 0.15) is 5.52 Å². The van der Waals surface area contributed by atoms with Crippen LogP contribution in [0.4, 0.5) is 0 Å². The molecule has 0 bridgehead atoms. The van der Waals surface area contributed by atoms with Crippen LogP contribution in [0.1, 0.15) is 10.5 Å². The molecule has 2 heterocycles. The van der Waals surface area contributed by atoms with Gasteiger partial charge < -0.3 is 0 Å². The summed E-state index contributed by atoms with van der Waals surface area (Å²) in [7, 11) is 1.78. The van der Waals surface area contributed by atoms with Crippen LogP contribution in [0, 0.1) is 3.57 Å². The highest BCUT2D eigenvalue weighted by molar-refractivity contribution is 14.1. The van der Waals surface area contributed by atoms with Gasteiger partial charge in [-0.1, -0.05) is 17.3 Å². The van der Waals surface area contributed by atoms with Crippen LogP contribution in [0.25, 0.3) is 11.0 Å². The largest absolute Gasteiger partial charge is 0.301 e. The number of carbonyl (C=O) groups excluding carboxylic acids is 1. The van der Waals surface area contributed by atoms with Crippen molar-refractivity contribution in [2.45, 2.75) is 0 Å². The molecule has 90 valence electrons. The van der Waals surface area contributed by atoms with Crippen molar-refractivity contribution < 1.29 is 4.79 Å². The van der Waals surface area contributed by atoms with E-state index < -0.39 is 0 Å². The van der Waals surface area contributed by atoms with Gasteiger partial charge in [0.2, 0.25) is 0 Å². The first-order valence-electron chi connectivity index (χ1n) is 5.21. The van der Waals surface area contributed by atoms with Crippen molar-refractivity contribution in [1.29, 1.82) is 0 Å². The molecule has 6 nitrogen and oxygen atoms in total. The predicted octanol–water partition coefficient (Wildman–Crippen LogP) is 1.46. The van der Waals surface area contributed by atoms with Gasteiger partial charge in [-0.15, -0.1) is 5.10 Å². The number of benzene rings is 1. The van der Waals surface area contributed by atoms with Crippen LogP contribution in [0.3, 0.4) is 0 Å². The minimum absolute atomic E-state index is 0.270. The normalized spacial score (nSPS) is 11.0. The Bertz CT molecular complexity index is 745. The van der Waals surface area contributed by atoms with E-state index in [0.717, 1.165) is 3.57 Å². The fraction of sp³-hybridized carbons (Fsp3) is 0.0909. The SMILES string of the molecule is Cn1cc(I)c(C(=O)n2nnc3ccccc32)n1. The molecule has 7 heteroatoms. The fourth-order valence-electron chi connectivity index (χ4n) is 1.72. The molecule has 2 aromatic heterocycles. The molecule has 0 radical (unpaired) electrons. The van der Waals surface area contributed by atoms with E-state index in [-0.39, 0.29) is 5.91 Å². The lowest BCUT2D eigenvalue weighted by Gasteiger charge is -1.98. The van der Waals surface area contributed by atoms with Gasteiger partial charge in [0.15, 0.2) is 5.69 Å².